The fraction of sp³-hybridized carbons (Fsp3) is 0. The Labute approximate surface area is 178 Å². The molecule has 0 atom stereocenters. The summed E-state index contributed by atoms with van der Waals surface area (Å²) in [6.07, 6.45) is 0. The maximum Gasteiger partial charge on any atom is 0.144 e. The predicted molar refractivity (Wildman–Crippen MR) is 111 cm³/mol. The van der Waals surface area contributed by atoms with Crippen LogP contribution in [-0.2, 0) is 0 Å². The van der Waals surface area contributed by atoms with Crippen molar-refractivity contribution in [3.05, 3.63) is 121 Å². The standard InChI is InChI=1S/C24H20P/c1-5-13-21(14-6-1)25(22-15-7-2-8-16-22,23-17-9-3-10-18-23)24-19-11-4-12-20-24/h1-20H/q+1/i1D,2D,3D,4D,5D,6D,7D,8D,9D,10D,11D,12D,13D,14D,15D,16D,17D,18D,19D,20D. The summed E-state index contributed by atoms with van der Waals surface area (Å²) in [7, 11) is -5.29. The van der Waals surface area contributed by atoms with Crippen LogP contribution in [0, 0.1) is 0 Å². The van der Waals surface area contributed by atoms with E-state index in [1.54, 1.807) is 0 Å². The van der Waals surface area contributed by atoms with E-state index in [1.807, 2.05) is 0 Å². The van der Waals surface area contributed by atoms with E-state index >= 15 is 0 Å². The summed E-state index contributed by atoms with van der Waals surface area (Å²) in [5, 5.41) is -3.87. The third-order valence-electron chi connectivity index (χ3n) is 3.29. The molecule has 0 fully saturated rings. The molecule has 0 radical (unpaired) electrons. The zero-order chi connectivity index (χ0) is 34.4. The van der Waals surface area contributed by atoms with Gasteiger partial charge in [0, 0.05) is 0 Å². The molecule has 4 aromatic carbocycles. The second kappa shape index (κ2) is 7.05. The molecule has 0 unspecified atom stereocenters. The summed E-state index contributed by atoms with van der Waals surface area (Å²) >= 11 is 0. The summed E-state index contributed by atoms with van der Waals surface area (Å²) in [5.74, 6) is 0. The van der Waals surface area contributed by atoms with E-state index in [0.29, 0.717) is 0 Å². The van der Waals surface area contributed by atoms with Gasteiger partial charge in [0.1, 0.15) is 28.5 Å². The molecular formula is C24H20P+. The maximum atomic E-state index is 8.91. The minimum absolute atomic E-state index is 0.949. The molecule has 0 heterocycles. The molecule has 4 rings (SSSR count). The van der Waals surface area contributed by atoms with Crippen LogP contribution in [-0.4, -0.2) is 0 Å². The quantitative estimate of drug-likeness (QED) is 0.477. The Morgan fingerprint density at radius 1 is 0.360 bits per heavy atom. The van der Waals surface area contributed by atoms with Crippen LogP contribution in [0.15, 0.2) is 121 Å². The van der Waals surface area contributed by atoms with Crippen LogP contribution >= 0.6 is 7.26 Å². The Hall–Kier alpha value is -2.69. The minimum atomic E-state index is -5.29. The van der Waals surface area contributed by atoms with Crippen molar-refractivity contribution in [2.45, 2.75) is 0 Å². The third kappa shape index (κ3) is 2.80. The van der Waals surface area contributed by atoms with Crippen LogP contribution in [0.2, 0.25) is 0 Å². The zero-order valence-electron chi connectivity index (χ0n) is 32.4. The Balaban J connectivity index is 2.69. The first-order chi connectivity index (χ1) is 20.7. The molecule has 1 heteroatoms. The molecule has 0 aliphatic rings. The van der Waals surface area contributed by atoms with Crippen molar-refractivity contribution < 1.29 is 27.4 Å². The van der Waals surface area contributed by atoms with Gasteiger partial charge in [0.15, 0.2) is 0 Å². The number of benzene rings is 4. The third-order valence-corrected chi connectivity index (χ3v) is 6.87. The van der Waals surface area contributed by atoms with Gasteiger partial charge in [0.25, 0.3) is 0 Å². The molecule has 0 aliphatic carbocycles. The summed E-state index contributed by atoms with van der Waals surface area (Å²) < 4.78 is 171. The van der Waals surface area contributed by atoms with E-state index in [1.165, 1.54) is 0 Å². The highest BCUT2D eigenvalue weighted by Crippen LogP contribution is 2.53. The molecular weight excluding hydrogens is 319 g/mol. The van der Waals surface area contributed by atoms with Crippen molar-refractivity contribution in [2.24, 2.45) is 0 Å². The number of rotatable bonds is 4. The molecule has 0 spiro atoms. The summed E-state index contributed by atoms with van der Waals surface area (Å²) in [6, 6.07) is -21.0. The number of hydrogen-bond acceptors (Lipinski definition) is 0. The zero-order valence-corrected chi connectivity index (χ0v) is 13.3. The fourth-order valence-electron chi connectivity index (χ4n) is 2.32. The van der Waals surface area contributed by atoms with Gasteiger partial charge in [-0.2, -0.15) is 0 Å². The molecule has 0 amide bonds. The topological polar surface area (TPSA) is 0 Å². The van der Waals surface area contributed by atoms with Crippen molar-refractivity contribution in [3.8, 4) is 0 Å². The van der Waals surface area contributed by atoms with Crippen molar-refractivity contribution >= 4 is 28.5 Å². The first-order valence-electron chi connectivity index (χ1n) is 16.9. The normalized spacial score (nSPS) is 22.4. The Bertz CT molecular complexity index is 1570. The summed E-state index contributed by atoms with van der Waals surface area (Å²) in [6.45, 7) is 0. The van der Waals surface area contributed by atoms with Gasteiger partial charge in [-0.25, -0.2) is 0 Å². The minimum Gasteiger partial charge on any atom is -0.0620 e. The lowest BCUT2D eigenvalue weighted by molar-refractivity contribution is 1.71. The Morgan fingerprint density at radius 3 is 0.760 bits per heavy atom. The van der Waals surface area contributed by atoms with Gasteiger partial charge >= 0.3 is 0 Å². The van der Waals surface area contributed by atoms with E-state index in [-0.39, 0.29) is 0 Å². The predicted octanol–water partition coefficient (Wildman–Crippen LogP) is 4.31. The molecule has 0 aromatic heterocycles. The van der Waals surface area contributed by atoms with Gasteiger partial charge < -0.3 is 0 Å². The highest BCUT2D eigenvalue weighted by Gasteiger charge is 2.47. The average Bonchev–Trinajstić information content (AvgIpc) is 3.00. The Morgan fingerprint density at radius 2 is 0.560 bits per heavy atom. The number of hydrogen-bond donors (Lipinski definition) is 0. The highest BCUT2D eigenvalue weighted by molar-refractivity contribution is 8.01. The fourth-order valence-corrected chi connectivity index (χ4v) is 5.45. The molecule has 0 saturated heterocycles. The van der Waals surface area contributed by atoms with Crippen molar-refractivity contribution in [3.63, 3.8) is 0 Å². The van der Waals surface area contributed by atoms with Crippen molar-refractivity contribution in [1.29, 1.82) is 0 Å². The van der Waals surface area contributed by atoms with E-state index < -0.39 is 149 Å². The van der Waals surface area contributed by atoms with Crippen LogP contribution in [0.1, 0.15) is 27.4 Å². The van der Waals surface area contributed by atoms with Crippen LogP contribution in [0.5, 0.6) is 0 Å². The average molecular weight is 360 g/mol. The molecule has 0 nitrogen and oxygen atoms in total. The van der Waals surface area contributed by atoms with Gasteiger partial charge in [-0.3, -0.25) is 0 Å². The Kier molecular flexibility index (Phi) is 1.39. The lowest BCUT2D eigenvalue weighted by Crippen LogP contribution is -2.38. The lowest BCUT2D eigenvalue weighted by atomic mass is 10.3. The van der Waals surface area contributed by atoms with Crippen molar-refractivity contribution in [2.75, 3.05) is 0 Å². The molecule has 0 aliphatic heterocycles. The largest absolute Gasteiger partial charge is 0.144 e. The first-order valence-corrected chi connectivity index (χ1v) is 8.68. The van der Waals surface area contributed by atoms with Gasteiger partial charge in [0.05, 0.1) is 27.4 Å². The van der Waals surface area contributed by atoms with E-state index in [2.05, 4.69) is 0 Å². The van der Waals surface area contributed by atoms with Gasteiger partial charge in [-0.05, 0) is 48.3 Å². The van der Waals surface area contributed by atoms with Gasteiger partial charge in [-0.15, -0.1) is 0 Å². The molecule has 25 heavy (non-hydrogen) atoms. The molecule has 4 aromatic rings. The van der Waals surface area contributed by atoms with Crippen LogP contribution in [0.4, 0.5) is 0 Å². The highest BCUT2D eigenvalue weighted by atomic mass is 31.2. The van der Waals surface area contributed by atoms with Gasteiger partial charge in [-0.1, -0.05) is 72.5 Å². The first kappa shape index (κ1) is 4.93. The van der Waals surface area contributed by atoms with Gasteiger partial charge in [0.2, 0.25) is 0 Å². The van der Waals surface area contributed by atoms with Crippen LogP contribution in [0.25, 0.3) is 0 Å². The molecule has 0 N–H and O–H groups in total. The smallest absolute Gasteiger partial charge is 0.0620 e. The molecule has 0 bridgehead atoms. The summed E-state index contributed by atoms with van der Waals surface area (Å²) in [4.78, 5) is 0. The SMILES string of the molecule is [2H]c1c([2H])c([2H])c([P+](c2c([2H])c([2H])c([2H])c([2H])c2[2H])(c2c([2H])c([2H])c([2H])c([2H])c2[2H])c2c([2H])c([2H])c([2H])c([2H])c2[2H])c([2H])c1[2H]. The maximum absolute atomic E-state index is 8.91. The van der Waals surface area contributed by atoms with E-state index in [0.717, 1.165) is 0 Å². The van der Waals surface area contributed by atoms with Crippen molar-refractivity contribution in [1.82, 2.24) is 0 Å². The molecule has 120 valence electrons. The van der Waals surface area contributed by atoms with Crippen LogP contribution < -0.4 is 21.2 Å². The lowest BCUT2D eigenvalue weighted by Gasteiger charge is -2.27. The van der Waals surface area contributed by atoms with E-state index in [4.69, 9.17) is 27.4 Å². The summed E-state index contributed by atoms with van der Waals surface area (Å²) in [5.41, 5.74) is 0. The van der Waals surface area contributed by atoms with Crippen LogP contribution in [0.3, 0.4) is 0 Å². The second-order valence-corrected chi connectivity index (χ2v) is 7.70. The monoisotopic (exact) mass is 359 g/mol. The molecule has 0 saturated carbocycles. The van der Waals surface area contributed by atoms with E-state index in [9.17, 15) is 0 Å². The second-order valence-electron chi connectivity index (χ2n) is 4.57.